The first-order valence-corrected chi connectivity index (χ1v) is 7.07. The fraction of sp³-hybridized carbons (Fsp3) is 0.786. The van der Waals surface area contributed by atoms with E-state index in [0.29, 0.717) is 12.5 Å². The maximum atomic E-state index is 5.98. The number of hydrogen-bond donors (Lipinski definition) is 1. The maximum absolute atomic E-state index is 5.98. The van der Waals surface area contributed by atoms with Gasteiger partial charge in [-0.05, 0) is 12.8 Å². The molecule has 0 bridgehead atoms. The SMILES string of the molecule is CCn1cc(C(CN)N(CCOC)CC(C)C)cn1. The highest BCUT2D eigenvalue weighted by Gasteiger charge is 2.21. The average Bonchev–Trinajstić information content (AvgIpc) is 2.84. The van der Waals surface area contributed by atoms with E-state index in [-0.39, 0.29) is 6.04 Å². The second-order valence-electron chi connectivity index (χ2n) is 5.26. The Balaban J connectivity index is 2.81. The van der Waals surface area contributed by atoms with E-state index < -0.39 is 0 Å². The van der Waals surface area contributed by atoms with E-state index in [0.717, 1.165) is 26.2 Å². The molecule has 1 unspecified atom stereocenters. The number of aromatic nitrogens is 2. The first kappa shape index (κ1) is 16.1. The minimum Gasteiger partial charge on any atom is -0.383 e. The summed E-state index contributed by atoms with van der Waals surface area (Å²) in [6, 6.07) is 0.220. The molecule has 0 saturated carbocycles. The summed E-state index contributed by atoms with van der Waals surface area (Å²) >= 11 is 0. The molecule has 1 aromatic rings. The number of methoxy groups -OCH3 is 1. The number of nitrogens with two attached hydrogens (primary N) is 1. The van der Waals surface area contributed by atoms with Crippen LogP contribution in [-0.4, -0.2) is 48.0 Å². The topological polar surface area (TPSA) is 56.3 Å². The molecule has 0 aromatic carbocycles. The largest absolute Gasteiger partial charge is 0.383 e. The van der Waals surface area contributed by atoms with Crippen molar-refractivity contribution in [3.8, 4) is 0 Å². The van der Waals surface area contributed by atoms with Crippen LogP contribution in [0.1, 0.15) is 32.4 Å². The van der Waals surface area contributed by atoms with Crippen LogP contribution in [-0.2, 0) is 11.3 Å². The fourth-order valence-corrected chi connectivity index (χ4v) is 2.27. The quantitative estimate of drug-likeness (QED) is 0.737. The van der Waals surface area contributed by atoms with Crippen molar-refractivity contribution in [2.24, 2.45) is 11.7 Å². The Morgan fingerprint density at radius 1 is 1.47 bits per heavy atom. The molecule has 0 amide bonds. The zero-order valence-electron chi connectivity index (χ0n) is 12.7. The molecule has 0 fully saturated rings. The Labute approximate surface area is 116 Å². The van der Waals surface area contributed by atoms with Crippen molar-refractivity contribution in [2.45, 2.75) is 33.4 Å². The lowest BCUT2D eigenvalue weighted by Gasteiger charge is -2.31. The summed E-state index contributed by atoms with van der Waals surface area (Å²) in [6.45, 7) is 10.7. The molecule has 0 aliphatic rings. The first-order valence-electron chi connectivity index (χ1n) is 7.07. The minimum absolute atomic E-state index is 0.220. The van der Waals surface area contributed by atoms with Gasteiger partial charge in [-0.25, -0.2) is 0 Å². The highest BCUT2D eigenvalue weighted by Crippen LogP contribution is 2.20. The van der Waals surface area contributed by atoms with Crippen molar-refractivity contribution in [1.82, 2.24) is 14.7 Å². The zero-order chi connectivity index (χ0) is 14.3. The fourth-order valence-electron chi connectivity index (χ4n) is 2.27. The third-order valence-corrected chi connectivity index (χ3v) is 3.21. The van der Waals surface area contributed by atoms with Gasteiger partial charge in [0.05, 0.1) is 18.8 Å². The van der Waals surface area contributed by atoms with Crippen LogP contribution in [0, 0.1) is 5.92 Å². The molecule has 0 saturated heterocycles. The Morgan fingerprint density at radius 2 is 2.21 bits per heavy atom. The Bertz CT molecular complexity index is 351. The molecule has 1 rings (SSSR count). The summed E-state index contributed by atoms with van der Waals surface area (Å²) in [5.41, 5.74) is 7.18. The second kappa shape index (κ2) is 8.30. The van der Waals surface area contributed by atoms with Crippen LogP contribution in [0.4, 0.5) is 0 Å². The molecule has 1 aromatic heterocycles. The van der Waals surface area contributed by atoms with Crippen LogP contribution in [0.15, 0.2) is 12.4 Å². The molecule has 5 nitrogen and oxygen atoms in total. The van der Waals surface area contributed by atoms with Gasteiger partial charge in [0.15, 0.2) is 0 Å². The molecule has 0 spiro atoms. The summed E-state index contributed by atoms with van der Waals surface area (Å²) in [4.78, 5) is 2.39. The van der Waals surface area contributed by atoms with Gasteiger partial charge in [-0.3, -0.25) is 9.58 Å². The van der Waals surface area contributed by atoms with Crippen LogP contribution >= 0.6 is 0 Å². The van der Waals surface area contributed by atoms with Gasteiger partial charge in [-0.15, -0.1) is 0 Å². The van der Waals surface area contributed by atoms with Crippen molar-refractivity contribution < 1.29 is 4.74 Å². The molecule has 1 atom stereocenters. The second-order valence-corrected chi connectivity index (χ2v) is 5.26. The Kier molecular flexibility index (Phi) is 7.05. The minimum atomic E-state index is 0.220. The average molecular weight is 268 g/mol. The van der Waals surface area contributed by atoms with Gasteiger partial charge in [-0.1, -0.05) is 13.8 Å². The molecular weight excluding hydrogens is 240 g/mol. The lowest BCUT2D eigenvalue weighted by atomic mass is 10.1. The third kappa shape index (κ3) is 4.93. The van der Waals surface area contributed by atoms with Crippen LogP contribution in [0.2, 0.25) is 0 Å². The highest BCUT2D eigenvalue weighted by molar-refractivity contribution is 5.11. The van der Waals surface area contributed by atoms with E-state index in [1.807, 2.05) is 10.9 Å². The summed E-state index contributed by atoms with van der Waals surface area (Å²) in [5.74, 6) is 0.604. The summed E-state index contributed by atoms with van der Waals surface area (Å²) in [6.07, 6.45) is 4.03. The molecule has 5 heteroatoms. The lowest BCUT2D eigenvalue weighted by Crippen LogP contribution is -2.38. The number of rotatable bonds is 9. The lowest BCUT2D eigenvalue weighted by molar-refractivity contribution is 0.112. The van der Waals surface area contributed by atoms with Crippen LogP contribution in [0.3, 0.4) is 0 Å². The normalized spacial score (nSPS) is 13.4. The van der Waals surface area contributed by atoms with Gasteiger partial charge in [0.2, 0.25) is 0 Å². The zero-order valence-corrected chi connectivity index (χ0v) is 12.7. The summed E-state index contributed by atoms with van der Waals surface area (Å²) < 4.78 is 7.15. The van der Waals surface area contributed by atoms with Gasteiger partial charge in [0.1, 0.15) is 0 Å². The van der Waals surface area contributed by atoms with Gasteiger partial charge < -0.3 is 10.5 Å². The summed E-state index contributed by atoms with van der Waals surface area (Å²) in [5, 5.41) is 4.35. The van der Waals surface area contributed by atoms with Gasteiger partial charge in [0, 0.05) is 45.0 Å². The molecule has 1 heterocycles. The number of aryl methyl sites for hydroxylation is 1. The monoisotopic (exact) mass is 268 g/mol. The van der Waals surface area contributed by atoms with Crippen LogP contribution in [0.5, 0.6) is 0 Å². The van der Waals surface area contributed by atoms with Crippen molar-refractivity contribution in [1.29, 1.82) is 0 Å². The Hall–Kier alpha value is -0.910. The van der Waals surface area contributed by atoms with E-state index >= 15 is 0 Å². The van der Waals surface area contributed by atoms with E-state index in [1.54, 1.807) is 7.11 Å². The predicted molar refractivity (Wildman–Crippen MR) is 78.0 cm³/mol. The van der Waals surface area contributed by atoms with Crippen molar-refractivity contribution in [2.75, 3.05) is 33.4 Å². The third-order valence-electron chi connectivity index (χ3n) is 3.21. The van der Waals surface area contributed by atoms with E-state index in [2.05, 4.69) is 37.0 Å². The maximum Gasteiger partial charge on any atom is 0.0589 e. The van der Waals surface area contributed by atoms with E-state index in [1.165, 1.54) is 5.56 Å². The standard InChI is InChI=1S/C14H28N4O/c1-5-18-11-13(9-16-18)14(8-15)17(6-7-19-4)10-12(2)3/h9,11-12,14H,5-8,10,15H2,1-4H3. The number of ether oxygens (including phenoxy) is 1. The van der Waals surface area contributed by atoms with E-state index in [9.17, 15) is 0 Å². The van der Waals surface area contributed by atoms with Gasteiger partial charge >= 0.3 is 0 Å². The first-order chi connectivity index (χ1) is 9.12. The molecule has 0 aliphatic carbocycles. The van der Waals surface area contributed by atoms with Gasteiger partial charge in [-0.2, -0.15) is 5.10 Å². The van der Waals surface area contributed by atoms with Gasteiger partial charge in [0.25, 0.3) is 0 Å². The summed E-state index contributed by atoms with van der Waals surface area (Å²) in [7, 11) is 1.74. The smallest absolute Gasteiger partial charge is 0.0589 e. The van der Waals surface area contributed by atoms with Crippen molar-refractivity contribution in [3.05, 3.63) is 18.0 Å². The molecule has 110 valence electrons. The number of nitrogens with zero attached hydrogens (tertiary/aromatic N) is 3. The molecule has 19 heavy (non-hydrogen) atoms. The molecule has 2 N–H and O–H groups in total. The van der Waals surface area contributed by atoms with E-state index in [4.69, 9.17) is 10.5 Å². The number of hydrogen-bond acceptors (Lipinski definition) is 4. The van der Waals surface area contributed by atoms with Crippen LogP contribution < -0.4 is 5.73 Å². The molecule has 0 aliphatic heterocycles. The van der Waals surface area contributed by atoms with Crippen LogP contribution in [0.25, 0.3) is 0 Å². The highest BCUT2D eigenvalue weighted by atomic mass is 16.5. The van der Waals surface area contributed by atoms with Crippen molar-refractivity contribution >= 4 is 0 Å². The molecular formula is C14H28N4O. The predicted octanol–water partition coefficient (Wildman–Crippen LogP) is 1.51. The van der Waals surface area contributed by atoms with Crippen molar-refractivity contribution in [3.63, 3.8) is 0 Å². The molecule has 0 radical (unpaired) electrons. The Morgan fingerprint density at radius 3 is 2.68 bits per heavy atom.